The number of carbonyl (C=O) groups is 1. The summed E-state index contributed by atoms with van der Waals surface area (Å²) in [7, 11) is 0. The number of hydrogen-bond donors (Lipinski definition) is 1. The second-order valence-corrected chi connectivity index (χ2v) is 7.08. The van der Waals surface area contributed by atoms with Gasteiger partial charge < -0.3 is 10.1 Å². The van der Waals surface area contributed by atoms with E-state index in [1.807, 2.05) is 26.8 Å². The number of benzene rings is 1. The molecule has 0 amide bonds. The molecule has 1 heterocycles. The van der Waals surface area contributed by atoms with Crippen molar-refractivity contribution in [1.82, 2.24) is 5.32 Å². The minimum Gasteiger partial charge on any atom is -0.463 e. The van der Waals surface area contributed by atoms with Gasteiger partial charge in [-0.05, 0) is 31.7 Å². The van der Waals surface area contributed by atoms with Gasteiger partial charge in [-0.1, -0.05) is 43.7 Å². The first-order chi connectivity index (χ1) is 13.1. The SMILES string of the molecule is CCOC(=O)C1=C(C(F)(F)F)NC(CC(C)C)=C(C#N)C1c1ccc(C)cc1. The van der Waals surface area contributed by atoms with Gasteiger partial charge in [0.1, 0.15) is 5.70 Å². The highest BCUT2D eigenvalue weighted by atomic mass is 19.4. The summed E-state index contributed by atoms with van der Waals surface area (Å²) >= 11 is 0. The number of halogens is 3. The summed E-state index contributed by atoms with van der Waals surface area (Å²) in [6.07, 6.45) is -4.55. The van der Waals surface area contributed by atoms with Crippen LogP contribution in [0.2, 0.25) is 0 Å². The van der Waals surface area contributed by atoms with Crippen LogP contribution in [0.4, 0.5) is 13.2 Å². The molecule has 1 aromatic rings. The zero-order valence-corrected chi connectivity index (χ0v) is 16.3. The Kier molecular flexibility index (Phi) is 6.55. The van der Waals surface area contributed by atoms with Gasteiger partial charge in [0, 0.05) is 5.70 Å². The molecule has 0 aliphatic carbocycles. The number of nitrogens with one attached hydrogen (secondary N) is 1. The Bertz CT molecular complexity index is 844. The van der Waals surface area contributed by atoms with Gasteiger partial charge in [0.15, 0.2) is 0 Å². The molecule has 0 bridgehead atoms. The van der Waals surface area contributed by atoms with Gasteiger partial charge in [0.05, 0.1) is 29.7 Å². The van der Waals surface area contributed by atoms with Crippen LogP contribution in [0.25, 0.3) is 0 Å². The average molecular weight is 392 g/mol. The Morgan fingerprint density at radius 3 is 2.36 bits per heavy atom. The molecule has 4 nitrogen and oxygen atoms in total. The number of alkyl halides is 3. The van der Waals surface area contributed by atoms with Crippen LogP contribution in [0.15, 0.2) is 46.8 Å². The molecule has 0 saturated heterocycles. The molecule has 1 aromatic carbocycles. The van der Waals surface area contributed by atoms with Crippen LogP contribution < -0.4 is 5.32 Å². The average Bonchev–Trinajstić information content (AvgIpc) is 2.60. The molecule has 0 radical (unpaired) electrons. The van der Waals surface area contributed by atoms with Gasteiger partial charge >= 0.3 is 12.1 Å². The Morgan fingerprint density at radius 2 is 1.89 bits per heavy atom. The molecule has 7 heteroatoms. The molecule has 0 aromatic heterocycles. The lowest BCUT2D eigenvalue weighted by atomic mass is 9.79. The van der Waals surface area contributed by atoms with Crippen molar-refractivity contribution in [3.8, 4) is 6.07 Å². The fraction of sp³-hybridized carbons (Fsp3) is 0.429. The smallest absolute Gasteiger partial charge is 0.431 e. The molecule has 1 aliphatic rings. The van der Waals surface area contributed by atoms with E-state index in [4.69, 9.17) is 4.74 Å². The number of carbonyl (C=O) groups excluding carboxylic acids is 1. The first-order valence-electron chi connectivity index (χ1n) is 9.05. The van der Waals surface area contributed by atoms with Gasteiger partial charge in [-0.2, -0.15) is 18.4 Å². The third-order valence-electron chi connectivity index (χ3n) is 4.37. The molecule has 1 atom stereocenters. The molecule has 1 unspecified atom stereocenters. The summed E-state index contributed by atoms with van der Waals surface area (Å²) in [4.78, 5) is 12.5. The number of nitriles is 1. The number of ether oxygens (including phenoxy) is 1. The van der Waals surface area contributed by atoms with Crippen LogP contribution in [-0.2, 0) is 9.53 Å². The van der Waals surface area contributed by atoms with Gasteiger partial charge in [0.25, 0.3) is 0 Å². The summed E-state index contributed by atoms with van der Waals surface area (Å²) in [5.74, 6) is -2.20. The Labute approximate surface area is 162 Å². The van der Waals surface area contributed by atoms with E-state index in [-0.39, 0.29) is 30.2 Å². The maximum Gasteiger partial charge on any atom is 0.431 e. The van der Waals surface area contributed by atoms with Crippen LogP contribution in [0.3, 0.4) is 0 Å². The quantitative estimate of drug-likeness (QED) is 0.725. The second-order valence-electron chi connectivity index (χ2n) is 7.08. The summed E-state index contributed by atoms with van der Waals surface area (Å²) in [5.41, 5.74) is -0.0968. The number of allylic oxidation sites excluding steroid dienone is 3. The standard InChI is InChI=1S/C21H23F3N2O2/c1-5-28-20(27)18-17(14-8-6-13(4)7-9-14)15(11-25)16(10-12(2)3)26-19(18)21(22,23)24/h6-9,12,17,26H,5,10H2,1-4H3. The molecule has 0 spiro atoms. The Hall–Kier alpha value is -2.75. The number of dihydropyridines is 1. The summed E-state index contributed by atoms with van der Waals surface area (Å²) in [5, 5.41) is 12.1. The zero-order chi connectivity index (χ0) is 21.1. The number of aryl methyl sites for hydroxylation is 1. The number of esters is 1. The van der Waals surface area contributed by atoms with Crippen LogP contribution in [0.5, 0.6) is 0 Å². The van der Waals surface area contributed by atoms with E-state index in [1.165, 1.54) is 6.92 Å². The normalized spacial score (nSPS) is 17.5. The van der Waals surface area contributed by atoms with E-state index in [0.717, 1.165) is 5.56 Å². The second kappa shape index (κ2) is 8.51. The third-order valence-corrected chi connectivity index (χ3v) is 4.37. The maximum absolute atomic E-state index is 13.9. The molecule has 1 N–H and O–H groups in total. The number of hydrogen-bond acceptors (Lipinski definition) is 4. The first kappa shape index (κ1) is 21.5. The molecule has 28 heavy (non-hydrogen) atoms. The van der Waals surface area contributed by atoms with Gasteiger partial charge in [-0.15, -0.1) is 0 Å². The minimum atomic E-state index is -4.80. The number of nitrogens with zero attached hydrogens (tertiary/aromatic N) is 1. The third kappa shape index (κ3) is 4.56. The lowest BCUT2D eigenvalue weighted by molar-refractivity contribution is -0.140. The zero-order valence-electron chi connectivity index (χ0n) is 16.3. The van der Waals surface area contributed by atoms with E-state index < -0.39 is 29.3 Å². The van der Waals surface area contributed by atoms with Crippen LogP contribution in [0, 0.1) is 24.2 Å². The fourth-order valence-electron chi connectivity index (χ4n) is 3.19. The lowest BCUT2D eigenvalue weighted by Gasteiger charge is -2.32. The molecule has 2 rings (SSSR count). The molecular formula is C21H23F3N2O2. The van der Waals surface area contributed by atoms with E-state index in [9.17, 15) is 23.2 Å². The van der Waals surface area contributed by atoms with E-state index in [1.54, 1.807) is 24.3 Å². The summed E-state index contributed by atoms with van der Waals surface area (Å²) in [6.45, 7) is 7.00. The van der Waals surface area contributed by atoms with Crippen molar-refractivity contribution in [1.29, 1.82) is 5.26 Å². The summed E-state index contributed by atoms with van der Waals surface area (Å²) in [6, 6.07) is 8.79. The molecular weight excluding hydrogens is 369 g/mol. The van der Waals surface area contributed by atoms with Crippen LogP contribution in [0.1, 0.15) is 44.2 Å². The van der Waals surface area contributed by atoms with Gasteiger partial charge in [-0.25, -0.2) is 4.79 Å². The highest BCUT2D eigenvalue weighted by Gasteiger charge is 2.46. The lowest BCUT2D eigenvalue weighted by Crippen LogP contribution is -2.37. The van der Waals surface area contributed by atoms with Gasteiger partial charge in [0.2, 0.25) is 0 Å². The highest BCUT2D eigenvalue weighted by Crippen LogP contribution is 2.43. The van der Waals surface area contributed by atoms with Crippen molar-refractivity contribution in [2.45, 2.75) is 46.2 Å². The van der Waals surface area contributed by atoms with E-state index in [2.05, 4.69) is 5.32 Å². The van der Waals surface area contributed by atoms with Crippen molar-refractivity contribution in [3.63, 3.8) is 0 Å². The molecule has 0 fully saturated rings. The maximum atomic E-state index is 13.9. The Morgan fingerprint density at radius 1 is 1.29 bits per heavy atom. The first-order valence-corrected chi connectivity index (χ1v) is 9.05. The van der Waals surface area contributed by atoms with Crippen LogP contribution in [-0.4, -0.2) is 18.8 Å². The topological polar surface area (TPSA) is 62.1 Å². The summed E-state index contributed by atoms with van der Waals surface area (Å²) < 4.78 is 46.5. The van der Waals surface area contributed by atoms with E-state index >= 15 is 0 Å². The predicted molar refractivity (Wildman–Crippen MR) is 98.9 cm³/mol. The van der Waals surface area contributed by atoms with Crippen LogP contribution >= 0.6 is 0 Å². The monoisotopic (exact) mass is 392 g/mol. The largest absolute Gasteiger partial charge is 0.463 e. The van der Waals surface area contributed by atoms with Crippen molar-refractivity contribution < 1.29 is 22.7 Å². The van der Waals surface area contributed by atoms with E-state index in [0.29, 0.717) is 5.56 Å². The predicted octanol–water partition coefficient (Wildman–Crippen LogP) is 4.89. The highest BCUT2D eigenvalue weighted by molar-refractivity contribution is 5.93. The molecule has 0 saturated carbocycles. The fourth-order valence-corrected chi connectivity index (χ4v) is 3.19. The van der Waals surface area contributed by atoms with Crippen molar-refractivity contribution in [2.75, 3.05) is 6.61 Å². The van der Waals surface area contributed by atoms with Gasteiger partial charge in [-0.3, -0.25) is 0 Å². The van der Waals surface area contributed by atoms with Crippen molar-refractivity contribution in [2.24, 2.45) is 5.92 Å². The van der Waals surface area contributed by atoms with Crippen molar-refractivity contribution >= 4 is 5.97 Å². The van der Waals surface area contributed by atoms with Crippen molar-refractivity contribution in [3.05, 3.63) is 57.9 Å². The Balaban J connectivity index is 2.79. The number of rotatable bonds is 5. The molecule has 150 valence electrons. The minimum absolute atomic E-state index is 0.0168. The molecule has 1 aliphatic heterocycles.